The first-order valence-corrected chi connectivity index (χ1v) is 22.7. The Morgan fingerprint density at radius 2 is 1.44 bits per heavy atom. The number of benzene rings is 6. The zero-order valence-electron chi connectivity index (χ0n) is 35.9. The van der Waals surface area contributed by atoms with Crippen molar-refractivity contribution < 1.29 is 0 Å². The summed E-state index contributed by atoms with van der Waals surface area (Å²) in [7, 11) is 0. The largest absolute Gasteiger partial charge is 0.358 e. The molecule has 0 amide bonds. The van der Waals surface area contributed by atoms with E-state index in [0.29, 0.717) is 5.92 Å². The van der Waals surface area contributed by atoms with Gasteiger partial charge in [0.2, 0.25) is 0 Å². The SMILES string of the molecule is CC12C=Cc3c(c(-c4ccccc4NC4=CC=C(N(c5ccc(C6C=CC=CC6)cc5-c5ccccc5)C5C=CC(c6ccccc6)=CC5)CC4)cc4ccccc34)C1=CC=CC2. The molecule has 0 saturated heterocycles. The van der Waals surface area contributed by atoms with Gasteiger partial charge in [-0.2, -0.15) is 0 Å². The lowest BCUT2D eigenvalue weighted by molar-refractivity contribution is 0.579. The van der Waals surface area contributed by atoms with E-state index in [0.717, 1.165) is 37.8 Å². The lowest BCUT2D eigenvalue weighted by atomic mass is 9.67. The first-order valence-electron chi connectivity index (χ1n) is 22.7. The summed E-state index contributed by atoms with van der Waals surface area (Å²) in [6.45, 7) is 2.38. The monoisotopic (exact) mass is 812 g/mol. The van der Waals surface area contributed by atoms with Crippen molar-refractivity contribution in [3.05, 3.63) is 246 Å². The Kier molecular flexibility index (Phi) is 10.2. The molecular formula is C61H52N2. The van der Waals surface area contributed by atoms with Crippen LogP contribution in [-0.2, 0) is 0 Å². The van der Waals surface area contributed by atoms with Gasteiger partial charge in [-0.25, -0.2) is 0 Å². The number of para-hydroxylation sites is 1. The van der Waals surface area contributed by atoms with Crippen LogP contribution in [0.4, 0.5) is 11.4 Å². The van der Waals surface area contributed by atoms with Crippen molar-refractivity contribution in [2.75, 3.05) is 10.2 Å². The molecule has 0 saturated carbocycles. The van der Waals surface area contributed by atoms with Crippen LogP contribution < -0.4 is 10.2 Å². The van der Waals surface area contributed by atoms with Crippen LogP contribution in [0.1, 0.15) is 67.2 Å². The molecule has 0 aromatic heterocycles. The van der Waals surface area contributed by atoms with Gasteiger partial charge in [0.15, 0.2) is 0 Å². The molecule has 63 heavy (non-hydrogen) atoms. The summed E-state index contributed by atoms with van der Waals surface area (Å²) in [6, 6.07) is 49.3. The fraction of sp³-hybridized carbons (Fsp3) is 0.148. The average molecular weight is 813 g/mol. The van der Waals surface area contributed by atoms with E-state index in [4.69, 9.17) is 0 Å². The van der Waals surface area contributed by atoms with Crippen LogP contribution in [0.3, 0.4) is 0 Å². The van der Waals surface area contributed by atoms with Gasteiger partial charge in [-0.1, -0.05) is 189 Å². The van der Waals surface area contributed by atoms with Crippen molar-refractivity contribution in [2.24, 2.45) is 5.41 Å². The highest BCUT2D eigenvalue weighted by Gasteiger charge is 2.34. The van der Waals surface area contributed by atoms with Gasteiger partial charge in [0.25, 0.3) is 0 Å². The number of nitrogens with zero attached hydrogens (tertiary/aromatic N) is 1. The summed E-state index contributed by atoms with van der Waals surface area (Å²) in [5, 5.41) is 6.55. The third kappa shape index (κ3) is 7.40. The Bertz CT molecular complexity index is 3020. The fourth-order valence-electron chi connectivity index (χ4n) is 10.4. The molecule has 6 aromatic carbocycles. The molecule has 0 spiro atoms. The van der Waals surface area contributed by atoms with Crippen LogP contribution in [0.5, 0.6) is 0 Å². The fourth-order valence-corrected chi connectivity index (χ4v) is 10.4. The molecule has 0 fully saturated rings. The molecular weight excluding hydrogens is 761 g/mol. The summed E-state index contributed by atoms with van der Waals surface area (Å²) in [5.41, 5.74) is 17.9. The minimum atomic E-state index is -0.0301. The highest BCUT2D eigenvalue weighted by Crippen LogP contribution is 2.52. The molecule has 3 unspecified atom stereocenters. The lowest BCUT2D eigenvalue weighted by Crippen LogP contribution is -2.35. The van der Waals surface area contributed by atoms with Gasteiger partial charge in [0, 0.05) is 45.2 Å². The van der Waals surface area contributed by atoms with Gasteiger partial charge in [-0.3, -0.25) is 0 Å². The van der Waals surface area contributed by atoms with Crippen LogP contribution in [-0.4, -0.2) is 6.04 Å². The highest BCUT2D eigenvalue weighted by atomic mass is 15.2. The molecule has 0 aliphatic heterocycles. The molecule has 0 heterocycles. The van der Waals surface area contributed by atoms with E-state index in [1.54, 1.807) is 0 Å². The standard InChI is InChI=1S/C61H52N2/c1-61-39-16-15-26-57(61)60-54(38-40-61)52-24-12-11-23-48(52)42-56(60)53-25-13-14-27-58(53)62-49-31-35-51(36-32-49)63(50-33-28-45(29-34-50)43-17-5-2-6-18-43)59-37-30-47(44-19-7-3-8-20-44)41-55(59)46-21-9-4-10-22-46/h2-19,21-31,33,35,37-38,40-42,44,50,62H,20,32,34,36,39H2,1H3. The summed E-state index contributed by atoms with van der Waals surface area (Å²) in [6.07, 6.45) is 37.4. The maximum Gasteiger partial charge on any atom is 0.0557 e. The van der Waals surface area contributed by atoms with Crippen molar-refractivity contribution in [1.29, 1.82) is 0 Å². The predicted molar refractivity (Wildman–Crippen MR) is 269 cm³/mol. The van der Waals surface area contributed by atoms with E-state index < -0.39 is 0 Å². The van der Waals surface area contributed by atoms with Crippen molar-refractivity contribution >= 4 is 39.4 Å². The number of nitrogens with one attached hydrogen (secondary N) is 1. The smallest absolute Gasteiger partial charge is 0.0557 e. The van der Waals surface area contributed by atoms with E-state index in [1.165, 1.54) is 83.5 Å². The van der Waals surface area contributed by atoms with Crippen molar-refractivity contribution in [3.63, 3.8) is 0 Å². The second-order valence-electron chi connectivity index (χ2n) is 17.8. The topological polar surface area (TPSA) is 15.3 Å². The maximum absolute atomic E-state index is 3.98. The quantitative estimate of drug-likeness (QED) is 0.156. The molecule has 0 bridgehead atoms. The van der Waals surface area contributed by atoms with Crippen LogP contribution in [0, 0.1) is 5.41 Å². The third-order valence-corrected chi connectivity index (χ3v) is 13.8. The minimum absolute atomic E-state index is 0.0301. The van der Waals surface area contributed by atoms with Crippen LogP contribution >= 0.6 is 0 Å². The average Bonchev–Trinajstić information content (AvgIpc) is 3.35. The first kappa shape index (κ1) is 38.7. The van der Waals surface area contributed by atoms with Gasteiger partial charge >= 0.3 is 0 Å². The molecule has 3 atom stereocenters. The van der Waals surface area contributed by atoms with Crippen molar-refractivity contribution in [2.45, 2.75) is 51.0 Å². The molecule has 2 heteroatoms. The summed E-state index contributed by atoms with van der Waals surface area (Å²) >= 11 is 0. The Morgan fingerprint density at radius 1 is 0.635 bits per heavy atom. The summed E-state index contributed by atoms with van der Waals surface area (Å²) in [4.78, 5) is 2.64. The second-order valence-corrected chi connectivity index (χ2v) is 17.8. The highest BCUT2D eigenvalue weighted by molar-refractivity contribution is 6.06. The van der Waals surface area contributed by atoms with Crippen molar-refractivity contribution in [1.82, 2.24) is 0 Å². The Hall–Kier alpha value is -7.16. The maximum atomic E-state index is 3.98. The van der Waals surface area contributed by atoms with Gasteiger partial charge in [-0.05, 0) is 124 Å². The number of anilines is 2. The van der Waals surface area contributed by atoms with Crippen molar-refractivity contribution in [3.8, 4) is 22.3 Å². The second kappa shape index (κ2) is 16.6. The zero-order valence-corrected chi connectivity index (χ0v) is 35.9. The first-order chi connectivity index (χ1) is 31.1. The number of hydrogen-bond donors (Lipinski definition) is 1. The van der Waals surface area contributed by atoms with E-state index in [1.807, 2.05) is 0 Å². The zero-order chi connectivity index (χ0) is 42.2. The molecule has 5 aliphatic carbocycles. The number of allylic oxidation sites excluding steroid dienone is 15. The van der Waals surface area contributed by atoms with Gasteiger partial charge in [0.05, 0.1) is 6.04 Å². The summed E-state index contributed by atoms with van der Waals surface area (Å²) in [5.74, 6) is 0.372. The third-order valence-electron chi connectivity index (χ3n) is 13.8. The molecule has 0 radical (unpaired) electrons. The molecule has 5 aliphatic rings. The normalized spacial score (nSPS) is 20.9. The Balaban J connectivity index is 0.980. The predicted octanol–water partition coefficient (Wildman–Crippen LogP) is 16.0. The van der Waals surface area contributed by atoms with Gasteiger partial charge < -0.3 is 10.2 Å². The van der Waals surface area contributed by atoms with E-state index in [2.05, 4.69) is 236 Å². The molecule has 6 aromatic rings. The molecule has 11 rings (SSSR count). The number of fused-ring (bicyclic) bond motifs is 5. The molecule has 2 nitrogen and oxygen atoms in total. The number of hydrogen-bond acceptors (Lipinski definition) is 2. The van der Waals surface area contributed by atoms with Crippen LogP contribution in [0.2, 0.25) is 0 Å². The van der Waals surface area contributed by atoms with E-state index in [9.17, 15) is 0 Å². The summed E-state index contributed by atoms with van der Waals surface area (Å²) < 4.78 is 0. The van der Waals surface area contributed by atoms with Gasteiger partial charge in [-0.15, -0.1) is 0 Å². The van der Waals surface area contributed by atoms with E-state index >= 15 is 0 Å². The van der Waals surface area contributed by atoms with E-state index in [-0.39, 0.29) is 11.5 Å². The van der Waals surface area contributed by atoms with Gasteiger partial charge in [0.1, 0.15) is 0 Å². The minimum Gasteiger partial charge on any atom is -0.358 e. The van der Waals surface area contributed by atoms with Crippen LogP contribution in [0.15, 0.2) is 224 Å². The molecule has 1 N–H and O–H groups in total. The molecule has 306 valence electrons. The van der Waals surface area contributed by atoms with Crippen LogP contribution in [0.25, 0.3) is 50.2 Å². The Labute approximate surface area is 372 Å². The lowest BCUT2D eigenvalue weighted by Gasteiger charge is -2.38. The Morgan fingerprint density at radius 3 is 2.24 bits per heavy atom. The number of rotatable bonds is 9.